The summed E-state index contributed by atoms with van der Waals surface area (Å²) in [6, 6.07) is 31.2. The lowest BCUT2D eigenvalue weighted by Crippen LogP contribution is -2.13. The molecule has 0 bridgehead atoms. The minimum atomic E-state index is -0.444. The van der Waals surface area contributed by atoms with Crippen LogP contribution in [0.25, 0.3) is 16.8 Å². The molecule has 0 saturated carbocycles. The fraction of sp³-hybridized carbons (Fsp3) is 0.0714. The van der Waals surface area contributed by atoms with E-state index in [1.165, 1.54) is 5.39 Å². The van der Waals surface area contributed by atoms with Crippen molar-refractivity contribution in [3.8, 4) is 11.8 Å². The predicted molar refractivity (Wildman–Crippen MR) is 128 cm³/mol. The number of ether oxygens (including phenoxy) is 1. The van der Waals surface area contributed by atoms with Crippen molar-refractivity contribution in [3.05, 3.63) is 113 Å². The van der Waals surface area contributed by atoms with E-state index in [4.69, 9.17) is 4.74 Å². The van der Waals surface area contributed by atoms with Crippen molar-refractivity contribution in [2.75, 3.05) is 5.32 Å². The van der Waals surface area contributed by atoms with Crippen molar-refractivity contribution in [2.45, 2.75) is 13.5 Å². The Balaban J connectivity index is 1.49. The van der Waals surface area contributed by atoms with Gasteiger partial charge in [0.05, 0.1) is 0 Å². The van der Waals surface area contributed by atoms with E-state index < -0.39 is 5.91 Å². The number of anilines is 1. The number of fused-ring (bicyclic) bond motifs is 1. The summed E-state index contributed by atoms with van der Waals surface area (Å²) in [5, 5.41) is 14.6. The van der Waals surface area contributed by atoms with Crippen LogP contribution in [0.3, 0.4) is 0 Å². The van der Waals surface area contributed by atoms with Crippen LogP contribution in [0.1, 0.15) is 16.7 Å². The number of rotatable bonds is 6. The molecule has 1 amide bonds. The number of carbonyl (C=O) groups excluding carboxylic acids is 1. The lowest BCUT2D eigenvalue weighted by Gasteiger charge is -2.10. The zero-order chi connectivity index (χ0) is 22.3. The average Bonchev–Trinajstić information content (AvgIpc) is 2.81. The SMILES string of the molecule is Cc1cccc(NC(=O)/C(C#N)=C/c2cccc(OCc3cccc4ccccc34)c2)c1. The Morgan fingerprint density at radius 3 is 2.59 bits per heavy atom. The van der Waals surface area contributed by atoms with E-state index in [2.05, 4.69) is 29.6 Å². The van der Waals surface area contributed by atoms with Gasteiger partial charge in [0.15, 0.2) is 0 Å². The van der Waals surface area contributed by atoms with Crippen molar-refractivity contribution in [2.24, 2.45) is 0 Å². The second kappa shape index (κ2) is 9.63. The second-order valence-electron chi connectivity index (χ2n) is 7.49. The van der Waals surface area contributed by atoms with Crippen LogP contribution in [0.15, 0.2) is 96.6 Å². The normalized spacial score (nSPS) is 11.1. The van der Waals surface area contributed by atoms with Crippen LogP contribution < -0.4 is 10.1 Å². The molecule has 0 saturated heterocycles. The Labute approximate surface area is 187 Å². The largest absolute Gasteiger partial charge is 0.489 e. The van der Waals surface area contributed by atoms with Gasteiger partial charge in [-0.1, -0.05) is 66.7 Å². The van der Waals surface area contributed by atoms with E-state index in [-0.39, 0.29) is 5.57 Å². The fourth-order valence-electron chi connectivity index (χ4n) is 3.51. The van der Waals surface area contributed by atoms with Gasteiger partial charge in [0.25, 0.3) is 5.91 Å². The summed E-state index contributed by atoms with van der Waals surface area (Å²) in [7, 11) is 0. The third-order valence-corrected chi connectivity index (χ3v) is 5.08. The van der Waals surface area contributed by atoms with E-state index >= 15 is 0 Å². The highest BCUT2D eigenvalue weighted by molar-refractivity contribution is 6.09. The summed E-state index contributed by atoms with van der Waals surface area (Å²) in [6.45, 7) is 2.37. The van der Waals surface area contributed by atoms with Gasteiger partial charge in [0.1, 0.15) is 24.0 Å². The molecule has 0 aliphatic heterocycles. The van der Waals surface area contributed by atoms with Crippen LogP contribution in [0.5, 0.6) is 5.75 Å². The molecule has 4 heteroatoms. The second-order valence-corrected chi connectivity index (χ2v) is 7.49. The zero-order valence-corrected chi connectivity index (χ0v) is 17.7. The highest BCUT2D eigenvalue weighted by atomic mass is 16.5. The van der Waals surface area contributed by atoms with Gasteiger partial charge in [-0.25, -0.2) is 0 Å². The maximum absolute atomic E-state index is 12.5. The first-order chi connectivity index (χ1) is 15.6. The number of amides is 1. The van der Waals surface area contributed by atoms with Crippen LogP contribution in [0.2, 0.25) is 0 Å². The molecule has 0 aromatic heterocycles. The van der Waals surface area contributed by atoms with Crippen LogP contribution >= 0.6 is 0 Å². The third kappa shape index (κ3) is 5.03. The van der Waals surface area contributed by atoms with Gasteiger partial charge in [-0.15, -0.1) is 0 Å². The monoisotopic (exact) mass is 418 g/mol. The molecule has 4 rings (SSSR count). The van der Waals surface area contributed by atoms with Crippen LogP contribution in [0.4, 0.5) is 5.69 Å². The number of hydrogen-bond acceptors (Lipinski definition) is 3. The maximum Gasteiger partial charge on any atom is 0.266 e. The molecule has 0 spiro atoms. The maximum atomic E-state index is 12.5. The van der Waals surface area contributed by atoms with Gasteiger partial charge >= 0.3 is 0 Å². The topological polar surface area (TPSA) is 62.1 Å². The number of aryl methyl sites for hydroxylation is 1. The lowest BCUT2D eigenvalue weighted by molar-refractivity contribution is -0.112. The molecular formula is C28H22N2O2. The quantitative estimate of drug-likeness (QED) is 0.296. The molecule has 0 unspecified atom stereocenters. The van der Waals surface area contributed by atoms with E-state index in [9.17, 15) is 10.1 Å². The van der Waals surface area contributed by atoms with Crippen LogP contribution in [-0.4, -0.2) is 5.91 Å². The summed E-state index contributed by atoms with van der Waals surface area (Å²) in [5.41, 5.74) is 3.53. The van der Waals surface area contributed by atoms with Gasteiger partial charge in [-0.3, -0.25) is 4.79 Å². The molecule has 156 valence electrons. The molecule has 4 nitrogen and oxygen atoms in total. The van der Waals surface area contributed by atoms with Crippen molar-refractivity contribution >= 4 is 28.4 Å². The first-order valence-electron chi connectivity index (χ1n) is 10.3. The number of nitriles is 1. The lowest BCUT2D eigenvalue weighted by atomic mass is 10.1. The zero-order valence-electron chi connectivity index (χ0n) is 17.7. The van der Waals surface area contributed by atoms with Crippen molar-refractivity contribution in [3.63, 3.8) is 0 Å². The standard InChI is InChI=1S/C28H22N2O2/c1-20-7-4-12-25(15-20)30-28(31)24(18-29)16-21-8-5-13-26(17-21)32-19-23-11-6-10-22-9-2-3-14-27(22)23/h2-17H,19H2,1H3,(H,30,31)/b24-16+. The molecule has 0 aliphatic rings. The summed E-state index contributed by atoms with van der Waals surface area (Å²) in [6.07, 6.45) is 1.57. The number of benzene rings is 4. The van der Waals surface area contributed by atoms with Crippen LogP contribution in [0, 0.1) is 18.3 Å². The summed E-state index contributed by atoms with van der Waals surface area (Å²) in [4.78, 5) is 12.5. The fourth-order valence-corrected chi connectivity index (χ4v) is 3.51. The number of nitrogens with zero attached hydrogens (tertiary/aromatic N) is 1. The van der Waals surface area contributed by atoms with E-state index in [0.29, 0.717) is 18.0 Å². The highest BCUT2D eigenvalue weighted by Crippen LogP contribution is 2.22. The summed E-state index contributed by atoms with van der Waals surface area (Å²) in [5.74, 6) is 0.225. The van der Waals surface area contributed by atoms with Crippen molar-refractivity contribution in [1.82, 2.24) is 0 Å². The van der Waals surface area contributed by atoms with Gasteiger partial charge < -0.3 is 10.1 Å². The first-order valence-corrected chi connectivity index (χ1v) is 10.3. The number of nitrogens with one attached hydrogen (secondary N) is 1. The smallest absolute Gasteiger partial charge is 0.266 e. The minimum absolute atomic E-state index is 0.0257. The van der Waals surface area contributed by atoms with E-state index in [0.717, 1.165) is 22.1 Å². The molecule has 4 aromatic rings. The highest BCUT2D eigenvalue weighted by Gasteiger charge is 2.10. The Hall–Kier alpha value is -4.36. The van der Waals surface area contributed by atoms with E-state index in [1.807, 2.05) is 73.7 Å². The molecule has 0 radical (unpaired) electrons. The molecule has 4 aromatic carbocycles. The van der Waals surface area contributed by atoms with Gasteiger partial charge in [0, 0.05) is 5.69 Å². The first kappa shape index (κ1) is 20.9. The molecule has 32 heavy (non-hydrogen) atoms. The van der Waals surface area contributed by atoms with Gasteiger partial charge in [0.2, 0.25) is 0 Å². The van der Waals surface area contributed by atoms with Gasteiger partial charge in [-0.05, 0) is 64.7 Å². The van der Waals surface area contributed by atoms with Crippen molar-refractivity contribution in [1.29, 1.82) is 5.26 Å². The molecule has 0 aliphatic carbocycles. The molecular weight excluding hydrogens is 396 g/mol. The molecule has 0 atom stereocenters. The summed E-state index contributed by atoms with van der Waals surface area (Å²) < 4.78 is 6.01. The van der Waals surface area contributed by atoms with Crippen molar-refractivity contribution < 1.29 is 9.53 Å². The molecule has 1 N–H and O–H groups in total. The average molecular weight is 418 g/mol. The molecule has 0 fully saturated rings. The Morgan fingerprint density at radius 1 is 0.969 bits per heavy atom. The Kier molecular flexibility index (Phi) is 6.29. The number of hydrogen-bond donors (Lipinski definition) is 1. The summed E-state index contributed by atoms with van der Waals surface area (Å²) >= 11 is 0. The Bertz CT molecular complexity index is 1340. The molecule has 0 heterocycles. The minimum Gasteiger partial charge on any atom is -0.489 e. The third-order valence-electron chi connectivity index (χ3n) is 5.08. The number of carbonyl (C=O) groups is 1. The Morgan fingerprint density at radius 2 is 1.75 bits per heavy atom. The van der Waals surface area contributed by atoms with Crippen LogP contribution in [-0.2, 0) is 11.4 Å². The van der Waals surface area contributed by atoms with E-state index in [1.54, 1.807) is 12.1 Å². The predicted octanol–water partition coefficient (Wildman–Crippen LogP) is 6.27. The van der Waals surface area contributed by atoms with Gasteiger partial charge in [-0.2, -0.15) is 5.26 Å².